The summed E-state index contributed by atoms with van der Waals surface area (Å²) < 4.78 is 0. The molecule has 0 amide bonds. The van der Waals surface area contributed by atoms with Crippen molar-refractivity contribution < 1.29 is 4.79 Å². The van der Waals surface area contributed by atoms with Crippen LogP contribution in [0.15, 0.2) is 46.6 Å². The lowest BCUT2D eigenvalue weighted by Gasteiger charge is -2.36. The van der Waals surface area contributed by atoms with Crippen molar-refractivity contribution in [3.63, 3.8) is 0 Å². The molecule has 1 unspecified atom stereocenters. The van der Waals surface area contributed by atoms with E-state index in [0.29, 0.717) is 0 Å². The van der Waals surface area contributed by atoms with Gasteiger partial charge in [-0.15, -0.1) is 0 Å². The third kappa shape index (κ3) is 1.88. The van der Waals surface area contributed by atoms with Crippen LogP contribution in [0.4, 0.5) is 0 Å². The van der Waals surface area contributed by atoms with Gasteiger partial charge in [0.15, 0.2) is 5.78 Å². The highest BCUT2D eigenvalue weighted by Gasteiger charge is 2.41. The molecule has 0 saturated heterocycles. The van der Waals surface area contributed by atoms with Crippen molar-refractivity contribution >= 4 is 5.78 Å². The molecule has 0 saturated carbocycles. The first-order valence-electron chi connectivity index (χ1n) is 6.78. The zero-order valence-electron chi connectivity index (χ0n) is 12.7. The molecule has 0 spiro atoms. The van der Waals surface area contributed by atoms with Gasteiger partial charge in [-0.2, -0.15) is 0 Å². The van der Waals surface area contributed by atoms with Crippen molar-refractivity contribution in [1.82, 2.24) is 0 Å². The number of carbonyl (C=O) groups excluding carboxylic acids is 1. The second-order valence-corrected chi connectivity index (χ2v) is 5.82. The molecule has 0 bridgehead atoms. The van der Waals surface area contributed by atoms with Gasteiger partial charge in [-0.05, 0) is 63.8 Å². The normalized spacial score (nSPS) is 24.2. The van der Waals surface area contributed by atoms with Crippen LogP contribution in [0, 0.1) is 6.92 Å². The van der Waals surface area contributed by atoms with Crippen LogP contribution in [-0.2, 0) is 10.2 Å². The number of ketones is 1. The largest absolute Gasteiger partial charge is 0.293 e. The minimum atomic E-state index is -0.513. The molecule has 0 heterocycles. The van der Waals surface area contributed by atoms with E-state index in [4.69, 9.17) is 0 Å². The molecule has 0 radical (unpaired) electrons. The first-order chi connectivity index (χ1) is 8.80. The zero-order chi connectivity index (χ0) is 14.4. The Hall–Kier alpha value is -1.63. The van der Waals surface area contributed by atoms with E-state index in [-0.39, 0.29) is 5.78 Å². The Kier molecular flexibility index (Phi) is 3.25. The maximum Gasteiger partial charge on any atom is 0.173 e. The Balaban J connectivity index is 2.67. The molecule has 1 aliphatic rings. The SMILES string of the molecule is CC1=C(C)C(C)=C(C)C(C)(c2ccc(C)cc2)C1=O. The minimum Gasteiger partial charge on any atom is -0.293 e. The third-order valence-corrected chi connectivity index (χ3v) is 4.86. The summed E-state index contributed by atoms with van der Waals surface area (Å²) in [4.78, 5) is 12.8. The smallest absolute Gasteiger partial charge is 0.173 e. The minimum absolute atomic E-state index is 0.233. The van der Waals surface area contributed by atoms with Crippen LogP contribution in [0.1, 0.15) is 45.7 Å². The summed E-state index contributed by atoms with van der Waals surface area (Å²) in [6.45, 7) is 12.3. The number of benzene rings is 1. The molecule has 1 nitrogen and oxygen atoms in total. The average Bonchev–Trinajstić information content (AvgIpc) is 2.41. The number of hydrogen-bond donors (Lipinski definition) is 0. The van der Waals surface area contributed by atoms with Crippen molar-refractivity contribution in [1.29, 1.82) is 0 Å². The van der Waals surface area contributed by atoms with E-state index in [0.717, 1.165) is 16.7 Å². The summed E-state index contributed by atoms with van der Waals surface area (Å²) in [5.74, 6) is 0.233. The second kappa shape index (κ2) is 4.48. The monoisotopic (exact) mass is 254 g/mol. The summed E-state index contributed by atoms with van der Waals surface area (Å²) in [6.07, 6.45) is 0. The Morgan fingerprint density at radius 3 is 1.84 bits per heavy atom. The average molecular weight is 254 g/mol. The molecular formula is C18H22O. The van der Waals surface area contributed by atoms with Gasteiger partial charge in [-0.1, -0.05) is 35.4 Å². The van der Waals surface area contributed by atoms with Crippen molar-refractivity contribution in [2.75, 3.05) is 0 Å². The first-order valence-corrected chi connectivity index (χ1v) is 6.78. The lowest BCUT2D eigenvalue weighted by molar-refractivity contribution is -0.119. The van der Waals surface area contributed by atoms with E-state index < -0.39 is 5.41 Å². The molecule has 19 heavy (non-hydrogen) atoms. The predicted octanol–water partition coefficient (Wildman–Crippen LogP) is 4.51. The van der Waals surface area contributed by atoms with Crippen LogP contribution in [0.5, 0.6) is 0 Å². The molecule has 1 aromatic rings. The Bertz CT molecular complexity index is 599. The highest BCUT2D eigenvalue weighted by molar-refractivity contribution is 6.07. The van der Waals surface area contributed by atoms with Crippen LogP contribution in [0.25, 0.3) is 0 Å². The highest BCUT2D eigenvalue weighted by Crippen LogP contribution is 2.42. The van der Waals surface area contributed by atoms with E-state index in [1.165, 1.54) is 16.7 Å². The van der Waals surface area contributed by atoms with Crippen LogP contribution >= 0.6 is 0 Å². The van der Waals surface area contributed by atoms with E-state index in [2.05, 4.69) is 52.0 Å². The molecule has 1 aromatic carbocycles. The summed E-state index contributed by atoms with van der Waals surface area (Å²) >= 11 is 0. The van der Waals surface area contributed by atoms with Gasteiger partial charge in [0.1, 0.15) is 0 Å². The maximum absolute atomic E-state index is 12.8. The highest BCUT2D eigenvalue weighted by atomic mass is 16.1. The third-order valence-electron chi connectivity index (χ3n) is 4.86. The first kappa shape index (κ1) is 13.8. The lowest BCUT2D eigenvalue weighted by Crippen LogP contribution is -2.38. The standard InChI is InChI=1S/C18H22O/c1-11-7-9-16(10-8-11)18(6)15(5)13(3)12(2)14(4)17(18)19/h7-10H,1-6H3. The molecule has 0 aromatic heterocycles. The number of carbonyl (C=O) groups is 1. The Labute approximate surface area is 116 Å². The van der Waals surface area contributed by atoms with Gasteiger partial charge in [0.25, 0.3) is 0 Å². The maximum atomic E-state index is 12.8. The van der Waals surface area contributed by atoms with E-state index >= 15 is 0 Å². The van der Waals surface area contributed by atoms with Crippen molar-refractivity contribution in [2.45, 2.75) is 47.0 Å². The van der Waals surface area contributed by atoms with Gasteiger partial charge in [-0.3, -0.25) is 4.79 Å². The van der Waals surface area contributed by atoms with Crippen molar-refractivity contribution in [2.24, 2.45) is 0 Å². The fourth-order valence-electron chi connectivity index (χ4n) is 2.89. The molecule has 0 N–H and O–H groups in total. The summed E-state index contributed by atoms with van der Waals surface area (Å²) in [7, 11) is 0. The van der Waals surface area contributed by atoms with Crippen molar-refractivity contribution in [3.05, 3.63) is 57.7 Å². The van der Waals surface area contributed by atoms with Gasteiger partial charge < -0.3 is 0 Å². The number of Topliss-reactive ketones (excluding diaryl/α,β-unsaturated/α-hetero) is 1. The fourth-order valence-corrected chi connectivity index (χ4v) is 2.89. The number of aryl methyl sites for hydroxylation is 1. The molecule has 1 atom stereocenters. The summed E-state index contributed by atoms with van der Waals surface area (Å²) in [5.41, 5.74) is 6.24. The van der Waals surface area contributed by atoms with E-state index in [1.54, 1.807) is 0 Å². The second-order valence-electron chi connectivity index (χ2n) is 5.82. The van der Waals surface area contributed by atoms with Gasteiger partial charge >= 0.3 is 0 Å². The lowest BCUT2D eigenvalue weighted by atomic mass is 9.65. The Morgan fingerprint density at radius 1 is 0.789 bits per heavy atom. The van der Waals surface area contributed by atoms with Gasteiger partial charge in [0, 0.05) is 0 Å². The van der Waals surface area contributed by atoms with E-state index in [9.17, 15) is 4.79 Å². The van der Waals surface area contributed by atoms with Gasteiger partial charge in [-0.25, -0.2) is 0 Å². The molecule has 1 aliphatic carbocycles. The summed E-state index contributed by atoms with van der Waals surface area (Å²) in [5, 5.41) is 0. The molecule has 0 fully saturated rings. The number of hydrogen-bond acceptors (Lipinski definition) is 1. The quantitative estimate of drug-likeness (QED) is 0.720. The predicted molar refractivity (Wildman–Crippen MR) is 80.3 cm³/mol. The molecule has 0 aliphatic heterocycles. The van der Waals surface area contributed by atoms with Crippen LogP contribution in [0.3, 0.4) is 0 Å². The van der Waals surface area contributed by atoms with Crippen LogP contribution in [0.2, 0.25) is 0 Å². The summed E-state index contributed by atoms with van der Waals surface area (Å²) in [6, 6.07) is 8.32. The van der Waals surface area contributed by atoms with Gasteiger partial charge in [0.05, 0.1) is 5.41 Å². The zero-order valence-corrected chi connectivity index (χ0v) is 12.7. The molecule has 2 rings (SSSR count). The van der Waals surface area contributed by atoms with Crippen LogP contribution in [-0.4, -0.2) is 5.78 Å². The van der Waals surface area contributed by atoms with Crippen molar-refractivity contribution in [3.8, 4) is 0 Å². The fraction of sp³-hybridized carbons (Fsp3) is 0.389. The van der Waals surface area contributed by atoms with Gasteiger partial charge in [0.2, 0.25) is 0 Å². The molecule has 100 valence electrons. The number of rotatable bonds is 1. The molecule has 1 heteroatoms. The van der Waals surface area contributed by atoms with E-state index in [1.807, 2.05) is 13.8 Å². The topological polar surface area (TPSA) is 17.1 Å². The number of allylic oxidation sites excluding steroid dienone is 4. The molecular weight excluding hydrogens is 232 g/mol. The van der Waals surface area contributed by atoms with Crippen LogP contribution < -0.4 is 0 Å². The Morgan fingerprint density at radius 2 is 1.32 bits per heavy atom.